The Bertz CT molecular complexity index is 1090. The third kappa shape index (κ3) is 27.7. The van der Waals surface area contributed by atoms with E-state index >= 15 is 0 Å². The topological polar surface area (TPSA) is 167 Å². The number of rotatable bonds is 15. The third-order valence-corrected chi connectivity index (χ3v) is 5.49. The molecule has 2 N–H and O–H groups in total. The summed E-state index contributed by atoms with van der Waals surface area (Å²) in [7, 11) is 0. The van der Waals surface area contributed by atoms with Crippen LogP contribution in [-0.2, 0) is 28.6 Å². The Morgan fingerprint density at radius 3 is 1.11 bits per heavy atom. The number of aldehydes is 2. The number of hydrogen-bond donors (Lipinski definition) is 1. The highest BCUT2D eigenvalue weighted by Gasteiger charge is 1.99. The molecule has 0 atom stereocenters. The molecule has 2 aromatic carbocycles. The molecule has 262 valence electrons. The number of hydrogen-bond acceptors (Lipinski definition) is 12. The van der Waals surface area contributed by atoms with Crippen molar-refractivity contribution >= 4 is 55.3 Å². The summed E-state index contributed by atoms with van der Waals surface area (Å²) >= 11 is 0. The van der Waals surface area contributed by atoms with Crippen molar-refractivity contribution in [3.05, 3.63) is 70.8 Å². The second kappa shape index (κ2) is 33.1. The van der Waals surface area contributed by atoms with Crippen molar-refractivity contribution in [3.63, 3.8) is 0 Å². The number of halogens is 1. The predicted molar refractivity (Wildman–Crippen MR) is 188 cm³/mol. The summed E-state index contributed by atoms with van der Waals surface area (Å²) in [5.74, 6) is -1.04. The van der Waals surface area contributed by atoms with Gasteiger partial charge in [-0.1, -0.05) is 69.3 Å². The molecule has 0 aliphatic rings. The first-order valence-corrected chi connectivity index (χ1v) is 15.2. The van der Waals surface area contributed by atoms with E-state index < -0.39 is 0 Å². The van der Waals surface area contributed by atoms with E-state index in [1.807, 2.05) is 24.3 Å². The highest BCUT2D eigenvalue weighted by molar-refractivity contribution is 5.86. The molecule has 0 aromatic heterocycles. The minimum Gasteiger partial charge on any atom is -0.465 e. The van der Waals surface area contributed by atoms with Crippen LogP contribution in [0.5, 0.6) is 0 Å². The molecule has 0 heterocycles. The molecular weight excluding hydrogens is 628 g/mol. The fourth-order valence-corrected chi connectivity index (χ4v) is 3.08. The number of esters is 3. The van der Waals surface area contributed by atoms with Crippen molar-refractivity contribution in [1.29, 1.82) is 0 Å². The van der Waals surface area contributed by atoms with Gasteiger partial charge in [-0.05, 0) is 51.5 Å². The summed E-state index contributed by atoms with van der Waals surface area (Å²) in [4.78, 5) is 62.9. The number of benzene rings is 2. The largest absolute Gasteiger partial charge is 0.465 e. The fourth-order valence-electron chi connectivity index (χ4n) is 3.08. The van der Waals surface area contributed by atoms with E-state index in [2.05, 4.69) is 40.4 Å². The first-order chi connectivity index (χ1) is 22.2. The average Bonchev–Trinajstić information content (AvgIpc) is 3.07. The third-order valence-electron chi connectivity index (χ3n) is 5.49. The Balaban J connectivity index is -0.000000638. The molecular formula is C34H51ClN4O8. The molecule has 12 nitrogen and oxygen atoms in total. The summed E-state index contributed by atoms with van der Waals surface area (Å²) in [6.07, 6.45) is 4.70. The van der Waals surface area contributed by atoms with Crippen LogP contribution < -0.4 is 5.73 Å². The monoisotopic (exact) mass is 678 g/mol. The second-order valence-electron chi connectivity index (χ2n) is 8.75. The van der Waals surface area contributed by atoms with E-state index in [9.17, 15) is 24.0 Å². The Morgan fingerprint density at radius 1 is 0.596 bits per heavy atom. The van der Waals surface area contributed by atoms with Crippen LogP contribution in [0.15, 0.2) is 58.5 Å². The van der Waals surface area contributed by atoms with Gasteiger partial charge in [0.05, 0.1) is 26.4 Å². The summed E-state index contributed by atoms with van der Waals surface area (Å²) in [5, 5.41) is 0. The Hall–Kier alpha value is -4.26. The average molecular weight is 679 g/mol. The molecule has 0 aliphatic carbocycles. The lowest BCUT2D eigenvalue weighted by Gasteiger charge is -2.13. The maximum absolute atomic E-state index is 11.1. The van der Waals surface area contributed by atoms with Crippen molar-refractivity contribution < 1.29 is 38.2 Å². The molecule has 0 saturated carbocycles. The molecule has 0 radical (unpaired) electrons. The van der Waals surface area contributed by atoms with Crippen LogP contribution in [0.3, 0.4) is 0 Å². The number of aliphatic imine (C=N–C) groups is 2. The molecule has 0 spiro atoms. The van der Waals surface area contributed by atoms with Crippen LogP contribution in [0.2, 0.25) is 0 Å². The van der Waals surface area contributed by atoms with Gasteiger partial charge in [0.15, 0.2) is 0 Å². The lowest BCUT2D eigenvalue weighted by molar-refractivity contribution is -0.142. The van der Waals surface area contributed by atoms with Gasteiger partial charge in [0.2, 0.25) is 0 Å². The van der Waals surface area contributed by atoms with Crippen LogP contribution >= 0.6 is 12.4 Å². The minimum absolute atomic E-state index is 0. The van der Waals surface area contributed by atoms with Gasteiger partial charge >= 0.3 is 17.9 Å². The predicted octanol–water partition coefficient (Wildman–Crippen LogP) is 4.24. The smallest absolute Gasteiger partial charge is 0.327 e. The van der Waals surface area contributed by atoms with Crippen molar-refractivity contribution in [2.24, 2.45) is 15.7 Å². The Labute approximate surface area is 285 Å². The van der Waals surface area contributed by atoms with Crippen molar-refractivity contribution in [2.45, 2.75) is 41.5 Å². The number of nitrogens with two attached hydrogens (primary N) is 1. The summed E-state index contributed by atoms with van der Waals surface area (Å²) in [5.41, 5.74) is 7.80. The highest BCUT2D eigenvalue weighted by atomic mass is 35.5. The molecule has 13 heteroatoms. The molecule has 0 unspecified atom stereocenters. The number of carbonyl (C=O) groups excluding carboxylic acids is 5. The van der Waals surface area contributed by atoms with Gasteiger partial charge < -0.3 is 24.8 Å². The Morgan fingerprint density at radius 2 is 0.894 bits per heavy atom. The van der Waals surface area contributed by atoms with E-state index in [4.69, 9.17) is 15.2 Å². The van der Waals surface area contributed by atoms with Crippen LogP contribution in [0.25, 0.3) is 0 Å². The van der Waals surface area contributed by atoms with Gasteiger partial charge in [-0.3, -0.25) is 34.0 Å². The maximum Gasteiger partial charge on any atom is 0.327 e. The zero-order valence-electron chi connectivity index (χ0n) is 28.4. The summed E-state index contributed by atoms with van der Waals surface area (Å²) in [6.45, 7) is 16.5. The standard InChI is InChI=1S/C16H20N2O4.C8H6O2.C6H15N.C4H9NO2.ClH/c1-3-21-15(19)11-17-9-13-5-7-14(8-6-13)10-18-12-16(20)22-4-2;9-5-7-1-2-8(6-10)4-3-7;1-4-7(5-2)6-3;1-2-7-4(6)3-5;/h5-10H,3-4,11-12H2,1-2H3;1-6H;4-6H2,1-3H3;2-3,5H2,1H3;1H. The van der Waals surface area contributed by atoms with Crippen LogP contribution in [-0.4, -0.2) is 107 Å². The Kier molecular flexibility index (Phi) is 33.2. The van der Waals surface area contributed by atoms with Crippen LogP contribution in [0.1, 0.15) is 73.4 Å². The zero-order valence-corrected chi connectivity index (χ0v) is 29.2. The highest BCUT2D eigenvalue weighted by Crippen LogP contribution is 2.01. The van der Waals surface area contributed by atoms with E-state index in [1.54, 1.807) is 57.5 Å². The van der Waals surface area contributed by atoms with E-state index in [0.717, 1.165) is 23.7 Å². The molecule has 0 aliphatic heterocycles. The summed E-state index contributed by atoms with van der Waals surface area (Å²) in [6, 6.07) is 13.8. The molecule has 0 amide bonds. The van der Waals surface area contributed by atoms with E-state index in [0.29, 0.717) is 30.9 Å². The van der Waals surface area contributed by atoms with Crippen molar-refractivity contribution in [2.75, 3.05) is 59.1 Å². The molecule has 47 heavy (non-hydrogen) atoms. The molecule has 0 saturated heterocycles. The van der Waals surface area contributed by atoms with Gasteiger partial charge in [0.25, 0.3) is 0 Å². The fraction of sp³-hybridized carbons (Fsp3) is 0.441. The maximum atomic E-state index is 11.1. The van der Waals surface area contributed by atoms with E-state index in [-0.39, 0.29) is 49.9 Å². The first-order valence-electron chi connectivity index (χ1n) is 15.2. The lowest BCUT2D eigenvalue weighted by atomic mass is 10.1. The minimum atomic E-state index is -0.346. The van der Waals surface area contributed by atoms with Gasteiger partial charge in [-0.25, -0.2) is 0 Å². The SMILES string of the molecule is CCN(CC)CC.CCOC(=O)CN.CCOC(=O)CN=Cc1ccc(C=NCC(=O)OCC)cc1.Cl.O=Cc1ccc(C=O)cc1. The quantitative estimate of drug-likeness (QED) is 0.125. The molecule has 0 bridgehead atoms. The van der Waals surface area contributed by atoms with Crippen molar-refractivity contribution in [1.82, 2.24) is 4.90 Å². The zero-order chi connectivity index (χ0) is 35.0. The van der Waals surface area contributed by atoms with Crippen molar-refractivity contribution in [3.8, 4) is 0 Å². The normalized spacial score (nSPS) is 9.79. The summed E-state index contributed by atoms with van der Waals surface area (Å²) < 4.78 is 14.0. The van der Waals surface area contributed by atoms with E-state index in [1.165, 1.54) is 19.6 Å². The number of ether oxygens (including phenoxy) is 3. The van der Waals surface area contributed by atoms with Gasteiger partial charge in [0.1, 0.15) is 25.7 Å². The van der Waals surface area contributed by atoms with Gasteiger partial charge in [-0.15, -0.1) is 12.4 Å². The van der Waals surface area contributed by atoms with Gasteiger partial charge in [0, 0.05) is 23.6 Å². The first kappa shape index (κ1) is 47.2. The molecule has 2 rings (SSSR count). The molecule has 0 fully saturated rings. The second-order valence-corrected chi connectivity index (χ2v) is 8.75. The number of carbonyl (C=O) groups is 5. The van der Waals surface area contributed by atoms with Crippen LogP contribution in [0.4, 0.5) is 0 Å². The molecule has 2 aromatic rings. The number of nitrogens with zero attached hydrogens (tertiary/aromatic N) is 3. The van der Waals surface area contributed by atoms with Gasteiger partial charge in [-0.2, -0.15) is 0 Å². The lowest BCUT2D eigenvalue weighted by Crippen LogP contribution is -2.21. The van der Waals surface area contributed by atoms with Crippen LogP contribution in [0, 0.1) is 0 Å².